The minimum Gasteiger partial charge on any atom is -0.388 e. The summed E-state index contributed by atoms with van der Waals surface area (Å²) in [5.41, 5.74) is 5.13. The molecule has 0 aliphatic rings. The van der Waals surface area contributed by atoms with E-state index in [1.807, 2.05) is 0 Å². The van der Waals surface area contributed by atoms with E-state index in [-0.39, 0.29) is 5.84 Å². The number of nitrogens with one attached hydrogen (secondary N) is 2. The monoisotopic (exact) mass is 221 g/mol. The smallest absolute Gasteiger partial charge is 0.216 e. The largest absolute Gasteiger partial charge is 0.388 e. The second kappa shape index (κ2) is 4.75. The summed E-state index contributed by atoms with van der Waals surface area (Å²) in [6.07, 6.45) is 0.983. The maximum Gasteiger partial charge on any atom is 0.216 e. The average Bonchev–Trinajstić information content (AvgIpc) is 1.95. The molecule has 0 fully saturated rings. The van der Waals surface area contributed by atoms with Gasteiger partial charge in [-0.2, -0.15) is 0 Å². The number of rotatable bonds is 5. The Labute approximate surface area is 85.6 Å². The van der Waals surface area contributed by atoms with Gasteiger partial charge in [-0.1, -0.05) is 0 Å². The lowest BCUT2D eigenvalue weighted by Gasteiger charge is -2.19. The van der Waals surface area contributed by atoms with Gasteiger partial charge in [-0.25, -0.2) is 13.1 Å². The van der Waals surface area contributed by atoms with Gasteiger partial charge in [-0.3, -0.25) is 5.41 Å². The van der Waals surface area contributed by atoms with Gasteiger partial charge < -0.3 is 5.73 Å². The molecule has 0 unspecified atom stereocenters. The van der Waals surface area contributed by atoms with Crippen molar-refractivity contribution in [1.82, 2.24) is 4.72 Å². The maximum atomic E-state index is 11.5. The minimum absolute atomic E-state index is 0.0833. The Hall–Kier alpha value is -0.620. The van der Waals surface area contributed by atoms with Crippen LogP contribution in [-0.2, 0) is 10.0 Å². The molecule has 0 bridgehead atoms. The summed E-state index contributed by atoms with van der Waals surface area (Å²) < 4.78 is 24.7. The third-order valence-corrected chi connectivity index (χ3v) is 3.92. The highest BCUT2D eigenvalue weighted by Crippen LogP contribution is 2.12. The number of amidine groups is 1. The summed E-state index contributed by atoms with van der Waals surface area (Å²) in [6.45, 7) is 5.25. The Morgan fingerprint density at radius 3 is 2.29 bits per heavy atom. The second-order valence-corrected chi connectivity index (χ2v) is 6.66. The number of hydrogen-bond donors (Lipinski definition) is 3. The highest BCUT2D eigenvalue weighted by molar-refractivity contribution is 7.90. The van der Waals surface area contributed by atoms with Gasteiger partial charge in [0.1, 0.15) is 0 Å². The van der Waals surface area contributed by atoms with Crippen molar-refractivity contribution in [3.8, 4) is 0 Å². The van der Waals surface area contributed by atoms with Crippen LogP contribution in [0.15, 0.2) is 0 Å². The molecule has 0 saturated heterocycles. The van der Waals surface area contributed by atoms with Crippen LogP contribution >= 0.6 is 0 Å². The van der Waals surface area contributed by atoms with Gasteiger partial charge in [0.2, 0.25) is 10.0 Å². The molecule has 0 aromatic heterocycles. The number of sulfonamides is 1. The van der Waals surface area contributed by atoms with E-state index in [4.69, 9.17) is 11.1 Å². The highest BCUT2D eigenvalue weighted by Gasteiger charge is 2.27. The Balaban J connectivity index is 3.97. The van der Waals surface area contributed by atoms with Crippen LogP contribution in [0.5, 0.6) is 0 Å². The summed E-state index contributed by atoms with van der Waals surface area (Å²) in [5.74, 6) is 0.0833. The average molecular weight is 221 g/mol. The van der Waals surface area contributed by atoms with Crippen LogP contribution in [0.2, 0.25) is 0 Å². The fourth-order valence-corrected chi connectivity index (χ4v) is 1.55. The molecule has 0 aromatic carbocycles. The van der Waals surface area contributed by atoms with Crippen LogP contribution in [0, 0.1) is 5.41 Å². The summed E-state index contributed by atoms with van der Waals surface area (Å²) in [4.78, 5) is 0. The molecule has 5 nitrogen and oxygen atoms in total. The molecule has 4 N–H and O–H groups in total. The first-order valence-electron chi connectivity index (χ1n) is 4.49. The van der Waals surface area contributed by atoms with Gasteiger partial charge in [-0.05, 0) is 27.2 Å². The lowest BCUT2D eigenvalue weighted by molar-refractivity contribution is 0.543. The van der Waals surface area contributed by atoms with Crippen LogP contribution in [0.3, 0.4) is 0 Å². The second-order valence-electron chi connectivity index (χ2n) is 4.14. The predicted molar refractivity (Wildman–Crippen MR) is 57.8 cm³/mol. The van der Waals surface area contributed by atoms with Crippen LogP contribution in [-0.4, -0.2) is 25.5 Å². The molecule has 0 heterocycles. The standard InChI is InChI=1S/C8H19N3O2S/c1-8(2,3)14(12,13)11-6-4-5-7(9)10/h11H,4-6H2,1-3H3,(H3,9,10). The van der Waals surface area contributed by atoms with E-state index in [0.717, 1.165) is 0 Å². The van der Waals surface area contributed by atoms with Crippen LogP contribution in [0.25, 0.3) is 0 Å². The third-order valence-electron chi connectivity index (χ3n) is 1.72. The van der Waals surface area contributed by atoms with Crippen LogP contribution in [0.1, 0.15) is 33.6 Å². The van der Waals surface area contributed by atoms with E-state index in [1.165, 1.54) is 0 Å². The van der Waals surface area contributed by atoms with Crippen molar-refractivity contribution in [2.75, 3.05) is 6.54 Å². The molecular weight excluding hydrogens is 202 g/mol. The van der Waals surface area contributed by atoms with Gasteiger partial charge in [0.15, 0.2) is 0 Å². The quantitative estimate of drug-likeness (QED) is 0.356. The molecule has 0 aliphatic carbocycles. The first kappa shape index (κ1) is 13.4. The molecule has 0 aromatic rings. The zero-order valence-corrected chi connectivity index (χ0v) is 9.74. The van der Waals surface area contributed by atoms with Crippen molar-refractivity contribution >= 4 is 15.9 Å². The lowest BCUT2D eigenvalue weighted by atomic mass is 10.3. The number of nitrogens with two attached hydrogens (primary N) is 1. The molecule has 0 aliphatic heterocycles. The van der Waals surface area contributed by atoms with Crippen molar-refractivity contribution < 1.29 is 8.42 Å². The lowest BCUT2D eigenvalue weighted by Crippen LogP contribution is -2.39. The summed E-state index contributed by atoms with van der Waals surface area (Å²) in [6, 6.07) is 0. The molecular formula is C8H19N3O2S. The molecule has 0 spiro atoms. The summed E-state index contributed by atoms with van der Waals surface area (Å²) >= 11 is 0. The van der Waals surface area contributed by atoms with Crippen LogP contribution < -0.4 is 10.5 Å². The first-order chi connectivity index (χ1) is 6.17. The maximum absolute atomic E-state index is 11.5. The van der Waals surface area contributed by atoms with Gasteiger partial charge in [0, 0.05) is 13.0 Å². The zero-order valence-electron chi connectivity index (χ0n) is 8.92. The molecule has 84 valence electrons. The molecule has 6 heteroatoms. The third kappa shape index (κ3) is 4.57. The molecule has 0 rings (SSSR count). The van der Waals surface area contributed by atoms with Gasteiger partial charge in [-0.15, -0.1) is 0 Å². The fourth-order valence-electron chi connectivity index (χ4n) is 0.702. The highest BCUT2D eigenvalue weighted by atomic mass is 32.2. The van der Waals surface area contributed by atoms with Crippen molar-refractivity contribution in [3.05, 3.63) is 0 Å². The molecule has 0 atom stereocenters. The topological polar surface area (TPSA) is 96.0 Å². The number of hydrogen-bond acceptors (Lipinski definition) is 3. The van der Waals surface area contributed by atoms with Crippen LogP contribution in [0.4, 0.5) is 0 Å². The van der Waals surface area contributed by atoms with Crippen molar-refractivity contribution in [1.29, 1.82) is 5.41 Å². The summed E-state index contributed by atoms with van der Waals surface area (Å²) in [5, 5.41) is 6.95. The van der Waals surface area contributed by atoms with E-state index < -0.39 is 14.8 Å². The van der Waals surface area contributed by atoms with E-state index in [1.54, 1.807) is 20.8 Å². The van der Waals surface area contributed by atoms with E-state index >= 15 is 0 Å². The van der Waals surface area contributed by atoms with Crippen molar-refractivity contribution in [2.45, 2.75) is 38.4 Å². The van der Waals surface area contributed by atoms with E-state index in [2.05, 4.69) is 4.72 Å². The van der Waals surface area contributed by atoms with E-state index in [9.17, 15) is 8.42 Å². The Morgan fingerprint density at radius 1 is 1.43 bits per heavy atom. The molecule has 0 saturated carbocycles. The first-order valence-corrected chi connectivity index (χ1v) is 5.97. The minimum atomic E-state index is -3.26. The Kier molecular flexibility index (Phi) is 4.54. The van der Waals surface area contributed by atoms with Gasteiger partial charge in [0.05, 0.1) is 10.6 Å². The molecule has 14 heavy (non-hydrogen) atoms. The zero-order chi connectivity index (χ0) is 11.4. The predicted octanol–water partition coefficient (Wildman–Crippen LogP) is 0.420. The molecule has 0 amide bonds. The van der Waals surface area contributed by atoms with Crippen molar-refractivity contribution in [3.63, 3.8) is 0 Å². The normalized spacial score (nSPS) is 12.8. The Bertz CT molecular complexity index is 290. The van der Waals surface area contributed by atoms with Crippen molar-refractivity contribution in [2.24, 2.45) is 5.73 Å². The van der Waals surface area contributed by atoms with Gasteiger partial charge in [0.25, 0.3) is 0 Å². The summed E-state index contributed by atoms with van der Waals surface area (Å²) in [7, 11) is -3.26. The Morgan fingerprint density at radius 2 is 1.93 bits per heavy atom. The van der Waals surface area contributed by atoms with Gasteiger partial charge >= 0.3 is 0 Å². The SMILES string of the molecule is CC(C)(C)S(=O)(=O)NCCCC(=N)N. The van der Waals surface area contributed by atoms with E-state index in [0.29, 0.717) is 19.4 Å². The molecule has 0 radical (unpaired) electrons. The fraction of sp³-hybridized carbons (Fsp3) is 0.875.